The molecule has 0 radical (unpaired) electrons. The van der Waals surface area contributed by atoms with Gasteiger partial charge in [0.1, 0.15) is 11.6 Å². The van der Waals surface area contributed by atoms with Crippen molar-refractivity contribution in [1.29, 1.82) is 0 Å². The molecule has 4 aromatic rings. The number of nitrogens with zero attached hydrogens (tertiary/aromatic N) is 8. The van der Waals surface area contributed by atoms with E-state index in [4.69, 9.17) is 24.7 Å². The van der Waals surface area contributed by atoms with Crippen molar-refractivity contribution in [1.82, 2.24) is 34.0 Å². The summed E-state index contributed by atoms with van der Waals surface area (Å²) >= 11 is 0. The first-order valence-electron chi connectivity index (χ1n) is 13.3. The summed E-state index contributed by atoms with van der Waals surface area (Å²) in [6, 6.07) is 8.16. The second-order valence-electron chi connectivity index (χ2n) is 11.0. The molecular weight excluding hydrogens is 468 g/mol. The molecule has 0 amide bonds. The van der Waals surface area contributed by atoms with Crippen LogP contribution in [0.25, 0.3) is 28.1 Å². The molecule has 3 aromatic heterocycles. The van der Waals surface area contributed by atoms with Crippen molar-refractivity contribution < 1.29 is 9.84 Å². The number of anilines is 1. The first-order chi connectivity index (χ1) is 17.8. The Hall–Kier alpha value is -3.08. The topological polar surface area (TPSA) is 97.4 Å². The number of morpholine rings is 1. The number of hydrogen-bond acceptors (Lipinski definition) is 8. The molecule has 2 aliphatic rings. The largest absolute Gasteiger partial charge is 0.389 e. The van der Waals surface area contributed by atoms with Crippen LogP contribution < -0.4 is 4.90 Å². The summed E-state index contributed by atoms with van der Waals surface area (Å²) in [5.74, 6) is 3.98. The maximum Gasteiger partial charge on any atom is 0.239 e. The van der Waals surface area contributed by atoms with Crippen LogP contribution in [0.2, 0.25) is 0 Å². The Bertz CT molecular complexity index is 1420. The molecule has 5 heterocycles. The van der Waals surface area contributed by atoms with E-state index >= 15 is 0 Å². The highest BCUT2D eigenvalue weighted by Crippen LogP contribution is 2.30. The maximum atomic E-state index is 10.1. The number of benzene rings is 1. The zero-order chi connectivity index (χ0) is 25.7. The van der Waals surface area contributed by atoms with Crippen LogP contribution in [0.4, 0.5) is 5.82 Å². The van der Waals surface area contributed by atoms with Crippen LogP contribution in [0.1, 0.15) is 32.4 Å². The molecule has 2 aliphatic heterocycles. The fourth-order valence-electron chi connectivity index (χ4n) is 5.64. The lowest BCUT2D eigenvalue weighted by Crippen LogP contribution is -2.52. The highest BCUT2D eigenvalue weighted by molar-refractivity contribution is 5.86. The highest BCUT2D eigenvalue weighted by atomic mass is 16.5. The zero-order valence-electron chi connectivity index (χ0n) is 22.2. The van der Waals surface area contributed by atoms with Crippen molar-refractivity contribution in [2.45, 2.75) is 39.2 Å². The van der Waals surface area contributed by atoms with Crippen molar-refractivity contribution in [2.24, 2.45) is 13.0 Å². The Kier molecular flexibility index (Phi) is 6.13. The van der Waals surface area contributed by atoms with Crippen LogP contribution in [0.5, 0.6) is 0 Å². The highest BCUT2D eigenvalue weighted by Gasteiger charge is 2.32. The van der Waals surface area contributed by atoms with Crippen molar-refractivity contribution >= 4 is 28.0 Å². The van der Waals surface area contributed by atoms with Gasteiger partial charge in [0.05, 0.1) is 29.8 Å². The van der Waals surface area contributed by atoms with Gasteiger partial charge < -0.3 is 19.3 Å². The molecule has 196 valence electrons. The van der Waals surface area contributed by atoms with Gasteiger partial charge in [-0.1, -0.05) is 19.1 Å². The number of aliphatic hydroxyl groups is 1. The fraction of sp³-hybridized carbons (Fsp3) is 0.556. The van der Waals surface area contributed by atoms with Gasteiger partial charge in [-0.2, -0.15) is 9.97 Å². The first kappa shape index (κ1) is 24.3. The summed E-state index contributed by atoms with van der Waals surface area (Å²) in [7, 11) is 2.06. The molecule has 37 heavy (non-hydrogen) atoms. The van der Waals surface area contributed by atoms with Crippen LogP contribution in [-0.2, 0) is 24.6 Å². The van der Waals surface area contributed by atoms with Gasteiger partial charge in [-0.3, -0.25) is 9.47 Å². The SMILES string of the molecule is CCc1nc2ccccc2n1-c1nc(N2CCOCC2)c2nc(CC3CN(CC(C)(C)O)C3)n(C)c2n1. The lowest BCUT2D eigenvalue weighted by atomic mass is 9.94. The summed E-state index contributed by atoms with van der Waals surface area (Å²) in [5, 5.41) is 10.1. The first-order valence-corrected chi connectivity index (χ1v) is 13.3. The standard InChI is InChI=1S/C27H36N8O2/c1-5-21-28-19-8-6-7-9-20(19)35(21)26-30-24-23(25(31-26)34-10-12-37-13-11-34)29-22(32(24)4)14-18-15-33(16-18)17-27(2,3)36/h6-9,18,36H,5,10-17H2,1-4H3. The van der Waals surface area contributed by atoms with E-state index in [9.17, 15) is 5.11 Å². The van der Waals surface area contributed by atoms with Crippen molar-refractivity contribution in [3.05, 3.63) is 35.9 Å². The number of fused-ring (bicyclic) bond motifs is 2. The minimum Gasteiger partial charge on any atom is -0.389 e. The van der Waals surface area contributed by atoms with E-state index < -0.39 is 5.60 Å². The van der Waals surface area contributed by atoms with E-state index in [0.717, 1.165) is 78.7 Å². The number of aryl methyl sites for hydroxylation is 2. The molecule has 10 heteroatoms. The zero-order valence-corrected chi connectivity index (χ0v) is 22.2. The van der Waals surface area contributed by atoms with Gasteiger partial charge in [-0.15, -0.1) is 0 Å². The monoisotopic (exact) mass is 504 g/mol. The molecule has 6 rings (SSSR count). The van der Waals surface area contributed by atoms with Crippen LogP contribution in [0, 0.1) is 5.92 Å². The van der Waals surface area contributed by atoms with Crippen LogP contribution in [0.3, 0.4) is 0 Å². The summed E-state index contributed by atoms with van der Waals surface area (Å²) in [4.78, 5) is 24.7. The predicted octanol–water partition coefficient (Wildman–Crippen LogP) is 2.35. The number of rotatable bonds is 7. The molecule has 2 fully saturated rings. The number of aromatic nitrogens is 6. The molecule has 1 aromatic carbocycles. The van der Waals surface area contributed by atoms with E-state index in [-0.39, 0.29) is 0 Å². The van der Waals surface area contributed by atoms with Gasteiger partial charge in [-0.05, 0) is 31.9 Å². The Balaban J connectivity index is 1.41. The Labute approximate surface area is 216 Å². The van der Waals surface area contributed by atoms with Crippen molar-refractivity contribution in [3.63, 3.8) is 0 Å². The third-order valence-corrected chi connectivity index (χ3v) is 7.35. The van der Waals surface area contributed by atoms with Crippen LogP contribution in [-0.4, -0.2) is 90.6 Å². The summed E-state index contributed by atoms with van der Waals surface area (Å²) in [5.41, 5.74) is 2.97. The normalized spacial score (nSPS) is 17.7. The number of hydrogen-bond donors (Lipinski definition) is 1. The number of likely N-dealkylation sites (tertiary alicyclic amines) is 1. The van der Waals surface area contributed by atoms with E-state index in [1.165, 1.54) is 0 Å². The smallest absolute Gasteiger partial charge is 0.239 e. The molecule has 0 saturated carbocycles. The Morgan fingerprint density at radius 1 is 1.03 bits per heavy atom. The van der Waals surface area contributed by atoms with Crippen LogP contribution in [0.15, 0.2) is 24.3 Å². The van der Waals surface area contributed by atoms with E-state index in [1.54, 1.807) is 0 Å². The minimum atomic E-state index is -0.670. The number of ether oxygens (including phenoxy) is 1. The summed E-state index contributed by atoms with van der Waals surface area (Å²) < 4.78 is 9.85. The molecule has 10 nitrogen and oxygen atoms in total. The number of imidazole rings is 2. The molecule has 0 bridgehead atoms. The third-order valence-electron chi connectivity index (χ3n) is 7.35. The molecule has 0 spiro atoms. The quantitative estimate of drug-likeness (QED) is 0.410. The van der Waals surface area contributed by atoms with Gasteiger partial charge in [0.15, 0.2) is 17.0 Å². The second-order valence-corrected chi connectivity index (χ2v) is 11.0. The third kappa shape index (κ3) is 4.58. The molecular formula is C27H36N8O2. The van der Waals surface area contributed by atoms with Crippen molar-refractivity contribution in [2.75, 3.05) is 50.8 Å². The van der Waals surface area contributed by atoms with Crippen LogP contribution >= 0.6 is 0 Å². The lowest BCUT2D eigenvalue weighted by molar-refractivity contribution is -0.00785. The van der Waals surface area contributed by atoms with Gasteiger partial charge in [0.25, 0.3) is 0 Å². The predicted molar refractivity (Wildman–Crippen MR) is 143 cm³/mol. The van der Waals surface area contributed by atoms with Gasteiger partial charge in [-0.25, -0.2) is 9.97 Å². The average molecular weight is 505 g/mol. The molecule has 0 atom stereocenters. The summed E-state index contributed by atoms with van der Waals surface area (Å²) in [6.45, 7) is 11.4. The number of β-amino-alcohol motifs (C(OH)–C–C–N with tert-alkyl or cyclic N) is 1. The fourth-order valence-corrected chi connectivity index (χ4v) is 5.64. The van der Waals surface area contributed by atoms with Gasteiger partial charge >= 0.3 is 0 Å². The molecule has 1 N–H and O–H groups in total. The van der Waals surface area contributed by atoms with Crippen molar-refractivity contribution in [3.8, 4) is 5.95 Å². The van der Waals surface area contributed by atoms with E-state index in [1.807, 2.05) is 32.0 Å². The van der Waals surface area contributed by atoms with E-state index in [2.05, 4.69) is 39.0 Å². The van der Waals surface area contributed by atoms with Gasteiger partial charge in [0, 0.05) is 52.6 Å². The molecule has 0 unspecified atom stereocenters. The minimum absolute atomic E-state index is 0.515. The average Bonchev–Trinajstić information content (AvgIpc) is 3.39. The maximum absolute atomic E-state index is 10.1. The lowest BCUT2D eigenvalue weighted by Gasteiger charge is -2.42. The van der Waals surface area contributed by atoms with Gasteiger partial charge in [0.2, 0.25) is 5.95 Å². The summed E-state index contributed by atoms with van der Waals surface area (Å²) in [6.07, 6.45) is 1.66. The molecule has 2 saturated heterocycles. The Morgan fingerprint density at radius 2 is 1.78 bits per heavy atom. The van der Waals surface area contributed by atoms with E-state index in [0.29, 0.717) is 31.6 Å². The Morgan fingerprint density at radius 3 is 2.51 bits per heavy atom. The number of para-hydroxylation sites is 2. The molecule has 0 aliphatic carbocycles. The second kappa shape index (κ2) is 9.34.